The Bertz CT molecular complexity index is 630. The van der Waals surface area contributed by atoms with Gasteiger partial charge < -0.3 is 14.8 Å². The number of hydrogen-bond acceptors (Lipinski definition) is 5. The van der Waals surface area contributed by atoms with Crippen LogP contribution in [0.15, 0.2) is 18.2 Å². The van der Waals surface area contributed by atoms with Crippen molar-refractivity contribution in [2.45, 2.75) is 13.0 Å². The first-order valence-electron chi connectivity index (χ1n) is 6.61. The van der Waals surface area contributed by atoms with Crippen LogP contribution in [-0.2, 0) is 14.8 Å². The van der Waals surface area contributed by atoms with E-state index in [2.05, 4.69) is 5.32 Å². The molecule has 1 amide bonds. The number of nitrogens with one attached hydrogen (secondary N) is 1. The van der Waals surface area contributed by atoms with Crippen LogP contribution >= 0.6 is 0 Å². The van der Waals surface area contributed by atoms with E-state index in [-0.39, 0.29) is 18.5 Å². The smallest absolute Gasteiger partial charge is 0.235 e. The van der Waals surface area contributed by atoms with Gasteiger partial charge in [-0.1, -0.05) is 6.07 Å². The topological polar surface area (TPSA) is 84.9 Å². The van der Waals surface area contributed by atoms with E-state index in [0.29, 0.717) is 11.5 Å². The van der Waals surface area contributed by atoms with Crippen LogP contribution in [0.25, 0.3) is 0 Å². The SMILES string of the molecule is COc1ccc([C@@H](C)NC(=O)CN(C)S(C)(=O)=O)cc1OC. The number of rotatable bonds is 7. The van der Waals surface area contributed by atoms with Gasteiger partial charge in [-0.3, -0.25) is 4.79 Å². The monoisotopic (exact) mass is 330 g/mol. The van der Waals surface area contributed by atoms with Gasteiger partial charge in [-0.15, -0.1) is 0 Å². The van der Waals surface area contributed by atoms with E-state index in [0.717, 1.165) is 16.1 Å². The predicted molar refractivity (Wildman–Crippen MR) is 83.6 cm³/mol. The van der Waals surface area contributed by atoms with Gasteiger partial charge in [0, 0.05) is 7.05 Å². The Morgan fingerprint density at radius 2 is 1.86 bits per heavy atom. The molecule has 0 heterocycles. The predicted octanol–water partition coefficient (Wildman–Crippen LogP) is 0.772. The molecule has 0 aliphatic rings. The Kier molecular flexibility index (Phi) is 6.19. The van der Waals surface area contributed by atoms with Gasteiger partial charge in [0.15, 0.2) is 11.5 Å². The van der Waals surface area contributed by atoms with Crippen LogP contribution in [0, 0.1) is 0 Å². The Morgan fingerprint density at radius 1 is 1.27 bits per heavy atom. The highest BCUT2D eigenvalue weighted by molar-refractivity contribution is 7.88. The second-order valence-electron chi connectivity index (χ2n) is 4.92. The van der Waals surface area contributed by atoms with Crippen LogP contribution in [0.3, 0.4) is 0 Å². The fraction of sp³-hybridized carbons (Fsp3) is 0.500. The van der Waals surface area contributed by atoms with Crippen molar-refractivity contribution >= 4 is 15.9 Å². The highest BCUT2D eigenvalue weighted by Gasteiger charge is 2.17. The van der Waals surface area contributed by atoms with E-state index in [1.807, 2.05) is 6.07 Å². The number of nitrogens with zero attached hydrogens (tertiary/aromatic N) is 1. The van der Waals surface area contributed by atoms with Crippen LogP contribution in [0.4, 0.5) is 0 Å². The van der Waals surface area contributed by atoms with Gasteiger partial charge in [-0.25, -0.2) is 8.42 Å². The third kappa shape index (κ3) is 4.88. The standard InChI is InChI=1S/C14H22N2O5S/c1-10(15-14(17)9-16(2)22(5,18)19)11-6-7-12(20-3)13(8-11)21-4/h6-8,10H,9H2,1-5H3,(H,15,17)/t10-/m1/s1. The zero-order valence-electron chi connectivity index (χ0n) is 13.4. The maximum atomic E-state index is 11.9. The minimum absolute atomic E-state index is 0.226. The van der Waals surface area contributed by atoms with E-state index in [9.17, 15) is 13.2 Å². The van der Waals surface area contributed by atoms with Crippen LogP contribution in [0.2, 0.25) is 0 Å². The first kappa shape index (κ1) is 18.2. The van der Waals surface area contributed by atoms with Gasteiger partial charge in [-0.05, 0) is 24.6 Å². The molecule has 0 saturated carbocycles. The fourth-order valence-corrected chi connectivity index (χ4v) is 2.16. The third-order valence-corrected chi connectivity index (χ3v) is 4.48. The molecular weight excluding hydrogens is 308 g/mol. The number of methoxy groups -OCH3 is 2. The molecule has 0 fully saturated rings. The van der Waals surface area contributed by atoms with Crippen LogP contribution in [0.1, 0.15) is 18.5 Å². The summed E-state index contributed by atoms with van der Waals surface area (Å²) in [5, 5.41) is 2.75. The molecule has 1 atom stereocenters. The molecule has 0 spiro atoms. The fourth-order valence-electron chi connectivity index (χ4n) is 1.81. The van der Waals surface area contributed by atoms with Gasteiger partial charge in [-0.2, -0.15) is 4.31 Å². The lowest BCUT2D eigenvalue weighted by Crippen LogP contribution is -2.38. The number of ether oxygens (including phenoxy) is 2. The molecule has 0 radical (unpaired) electrons. The zero-order valence-corrected chi connectivity index (χ0v) is 14.2. The second kappa shape index (κ2) is 7.46. The lowest BCUT2D eigenvalue weighted by atomic mass is 10.1. The number of carbonyl (C=O) groups is 1. The largest absolute Gasteiger partial charge is 0.493 e. The molecular formula is C14H22N2O5S. The van der Waals surface area contributed by atoms with Crippen molar-refractivity contribution in [1.29, 1.82) is 0 Å². The van der Waals surface area contributed by atoms with Gasteiger partial charge in [0.25, 0.3) is 0 Å². The molecule has 0 aliphatic carbocycles. The molecule has 22 heavy (non-hydrogen) atoms. The van der Waals surface area contributed by atoms with Gasteiger partial charge in [0.2, 0.25) is 15.9 Å². The summed E-state index contributed by atoms with van der Waals surface area (Å²) >= 11 is 0. The molecule has 0 aromatic heterocycles. The van der Waals surface area contributed by atoms with Crippen molar-refractivity contribution in [2.24, 2.45) is 0 Å². The van der Waals surface area contributed by atoms with E-state index in [1.54, 1.807) is 26.2 Å². The van der Waals surface area contributed by atoms with Gasteiger partial charge in [0.05, 0.1) is 33.1 Å². The highest BCUT2D eigenvalue weighted by Crippen LogP contribution is 2.29. The number of sulfonamides is 1. The molecule has 1 aromatic carbocycles. The minimum Gasteiger partial charge on any atom is -0.493 e. The van der Waals surface area contributed by atoms with Crippen molar-refractivity contribution in [3.63, 3.8) is 0 Å². The van der Waals surface area contributed by atoms with E-state index < -0.39 is 10.0 Å². The molecule has 1 N–H and O–H groups in total. The molecule has 1 aromatic rings. The summed E-state index contributed by atoms with van der Waals surface area (Å²) in [5.74, 6) is 0.783. The maximum absolute atomic E-state index is 11.9. The van der Waals surface area contributed by atoms with Gasteiger partial charge in [0.1, 0.15) is 0 Å². The number of benzene rings is 1. The van der Waals surface area contributed by atoms with Crippen molar-refractivity contribution in [1.82, 2.24) is 9.62 Å². The first-order valence-corrected chi connectivity index (χ1v) is 8.46. The minimum atomic E-state index is -3.38. The average Bonchev–Trinajstić information content (AvgIpc) is 2.45. The molecule has 7 nitrogen and oxygen atoms in total. The quantitative estimate of drug-likeness (QED) is 0.798. The lowest BCUT2D eigenvalue weighted by molar-refractivity contribution is -0.121. The Labute approximate surface area is 131 Å². The van der Waals surface area contributed by atoms with E-state index in [1.165, 1.54) is 14.2 Å². The molecule has 0 saturated heterocycles. The Balaban J connectivity index is 2.76. The maximum Gasteiger partial charge on any atom is 0.235 e. The lowest BCUT2D eigenvalue weighted by Gasteiger charge is -2.19. The zero-order chi connectivity index (χ0) is 16.9. The Hall–Kier alpha value is -1.80. The summed E-state index contributed by atoms with van der Waals surface area (Å²) in [4.78, 5) is 11.9. The third-order valence-electron chi connectivity index (χ3n) is 3.22. The summed E-state index contributed by atoms with van der Waals surface area (Å²) in [7, 11) is 1.05. The molecule has 8 heteroatoms. The molecule has 124 valence electrons. The highest BCUT2D eigenvalue weighted by atomic mass is 32.2. The summed E-state index contributed by atoms with van der Waals surface area (Å²) in [5.41, 5.74) is 0.827. The Morgan fingerprint density at radius 3 is 2.36 bits per heavy atom. The van der Waals surface area contributed by atoms with Crippen LogP contribution < -0.4 is 14.8 Å². The normalized spacial score (nSPS) is 12.8. The van der Waals surface area contributed by atoms with Gasteiger partial charge >= 0.3 is 0 Å². The first-order chi connectivity index (χ1) is 10.2. The van der Waals surface area contributed by atoms with Crippen molar-refractivity contribution in [3.05, 3.63) is 23.8 Å². The molecule has 0 unspecified atom stereocenters. The second-order valence-corrected chi connectivity index (χ2v) is 7.01. The van der Waals surface area contributed by atoms with E-state index >= 15 is 0 Å². The van der Waals surface area contributed by atoms with Crippen molar-refractivity contribution < 1.29 is 22.7 Å². The number of carbonyl (C=O) groups excluding carboxylic acids is 1. The van der Waals surface area contributed by atoms with Crippen LogP contribution in [-0.4, -0.2) is 52.7 Å². The van der Waals surface area contributed by atoms with E-state index in [4.69, 9.17) is 9.47 Å². The number of likely N-dealkylation sites (N-methyl/N-ethyl adjacent to an activating group) is 1. The van der Waals surface area contributed by atoms with Crippen molar-refractivity contribution in [2.75, 3.05) is 34.1 Å². The van der Waals surface area contributed by atoms with Crippen LogP contribution in [0.5, 0.6) is 11.5 Å². The molecule has 0 aliphatic heterocycles. The summed E-state index contributed by atoms with van der Waals surface area (Å²) in [6, 6.07) is 5.04. The van der Waals surface area contributed by atoms with Crippen molar-refractivity contribution in [3.8, 4) is 11.5 Å². The summed E-state index contributed by atoms with van der Waals surface area (Å²) in [6.45, 7) is 1.58. The number of amides is 1. The number of hydrogen-bond donors (Lipinski definition) is 1. The average molecular weight is 330 g/mol. The molecule has 0 bridgehead atoms. The molecule has 1 rings (SSSR count). The summed E-state index contributed by atoms with van der Waals surface area (Å²) in [6.07, 6.45) is 1.05. The summed E-state index contributed by atoms with van der Waals surface area (Å²) < 4.78 is 33.9.